The smallest absolute Gasteiger partial charge is 0.257 e. The summed E-state index contributed by atoms with van der Waals surface area (Å²) in [6.45, 7) is 3.23. The zero-order valence-corrected chi connectivity index (χ0v) is 15.7. The molecular formula is C20H28N4O3. The van der Waals surface area contributed by atoms with Gasteiger partial charge >= 0.3 is 0 Å². The van der Waals surface area contributed by atoms with Gasteiger partial charge in [0.25, 0.3) is 5.91 Å². The van der Waals surface area contributed by atoms with E-state index in [0.29, 0.717) is 43.9 Å². The molecule has 3 aliphatic heterocycles. The Morgan fingerprint density at radius 3 is 2.81 bits per heavy atom. The van der Waals surface area contributed by atoms with E-state index in [1.165, 1.54) is 6.42 Å². The number of anilines is 1. The van der Waals surface area contributed by atoms with Crippen LogP contribution in [0.15, 0.2) is 18.3 Å². The topological polar surface area (TPSA) is 85.8 Å². The zero-order chi connectivity index (χ0) is 18.9. The van der Waals surface area contributed by atoms with Crippen molar-refractivity contribution in [3.8, 4) is 0 Å². The summed E-state index contributed by atoms with van der Waals surface area (Å²) in [5.41, 5.74) is -0.207. The molecular weight excluding hydrogens is 344 g/mol. The van der Waals surface area contributed by atoms with E-state index in [9.17, 15) is 14.7 Å². The van der Waals surface area contributed by atoms with E-state index in [0.717, 1.165) is 32.4 Å². The summed E-state index contributed by atoms with van der Waals surface area (Å²) >= 11 is 0. The van der Waals surface area contributed by atoms with E-state index < -0.39 is 11.5 Å². The molecule has 0 aliphatic carbocycles. The number of nitrogens with zero attached hydrogens (tertiary/aromatic N) is 3. The minimum absolute atomic E-state index is 0.0195. The second kappa shape index (κ2) is 7.46. The summed E-state index contributed by atoms with van der Waals surface area (Å²) in [4.78, 5) is 34.2. The lowest BCUT2D eigenvalue weighted by molar-refractivity contribution is -0.142. The summed E-state index contributed by atoms with van der Waals surface area (Å²) in [6, 6.07) is 3.63. The van der Waals surface area contributed by atoms with E-state index in [1.54, 1.807) is 12.3 Å². The highest BCUT2D eigenvalue weighted by Gasteiger charge is 2.50. The monoisotopic (exact) mass is 372 g/mol. The molecule has 0 saturated carbocycles. The van der Waals surface area contributed by atoms with E-state index in [1.807, 2.05) is 15.9 Å². The van der Waals surface area contributed by atoms with E-state index in [-0.39, 0.29) is 11.8 Å². The van der Waals surface area contributed by atoms with Crippen molar-refractivity contribution in [2.45, 2.75) is 44.6 Å². The van der Waals surface area contributed by atoms with Crippen LogP contribution in [0.4, 0.5) is 5.82 Å². The van der Waals surface area contributed by atoms with Crippen molar-refractivity contribution in [2.24, 2.45) is 5.41 Å². The molecule has 4 heterocycles. The van der Waals surface area contributed by atoms with Crippen LogP contribution >= 0.6 is 0 Å². The first kappa shape index (κ1) is 18.2. The Morgan fingerprint density at radius 2 is 2.04 bits per heavy atom. The summed E-state index contributed by atoms with van der Waals surface area (Å²) in [5.74, 6) is 0.578. The summed E-state index contributed by atoms with van der Waals surface area (Å²) in [5, 5.41) is 13.5. The maximum Gasteiger partial charge on any atom is 0.257 e. The number of amides is 2. The van der Waals surface area contributed by atoms with Crippen molar-refractivity contribution in [3.05, 3.63) is 23.9 Å². The van der Waals surface area contributed by atoms with Gasteiger partial charge in [-0.25, -0.2) is 4.98 Å². The van der Waals surface area contributed by atoms with Gasteiger partial charge in [-0.15, -0.1) is 0 Å². The lowest BCUT2D eigenvalue weighted by atomic mass is 9.71. The van der Waals surface area contributed by atoms with Crippen LogP contribution in [0.25, 0.3) is 0 Å². The quantitative estimate of drug-likeness (QED) is 0.814. The molecule has 7 heteroatoms. The molecule has 1 aromatic rings. The van der Waals surface area contributed by atoms with Gasteiger partial charge in [-0.2, -0.15) is 0 Å². The minimum atomic E-state index is -0.806. The Bertz CT molecular complexity index is 719. The van der Waals surface area contributed by atoms with Gasteiger partial charge in [-0.1, -0.05) is 0 Å². The van der Waals surface area contributed by atoms with E-state index in [2.05, 4.69) is 10.3 Å². The number of aliphatic hydroxyl groups excluding tert-OH is 1. The highest BCUT2D eigenvalue weighted by molar-refractivity contribution is 5.99. The molecule has 2 amide bonds. The Kier molecular flexibility index (Phi) is 5.04. The Morgan fingerprint density at radius 1 is 1.22 bits per heavy atom. The minimum Gasteiger partial charge on any atom is -0.392 e. The number of pyridine rings is 1. The number of carbonyl (C=O) groups is 2. The fourth-order valence-corrected chi connectivity index (χ4v) is 4.71. The number of rotatable bonds is 2. The van der Waals surface area contributed by atoms with Gasteiger partial charge in [-0.3, -0.25) is 9.59 Å². The number of nitrogens with one attached hydrogen (secondary N) is 1. The normalized spacial score (nSPS) is 28.9. The lowest BCUT2D eigenvalue weighted by Crippen LogP contribution is -2.61. The molecule has 7 nitrogen and oxygen atoms in total. The first-order valence-corrected chi connectivity index (χ1v) is 10.1. The van der Waals surface area contributed by atoms with Crippen molar-refractivity contribution in [3.63, 3.8) is 0 Å². The predicted molar refractivity (Wildman–Crippen MR) is 102 cm³/mol. The average Bonchev–Trinajstić information content (AvgIpc) is 2.72. The molecule has 1 spiro atoms. The van der Waals surface area contributed by atoms with Gasteiger partial charge in [0.15, 0.2) is 0 Å². The van der Waals surface area contributed by atoms with Crippen LogP contribution in [0.3, 0.4) is 0 Å². The Balaban J connectivity index is 1.61. The largest absolute Gasteiger partial charge is 0.392 e. The van der Waals surface area contributed by atoms with Crippen LogP contribution in [0, 0.1) is 5.41 Å². The van der Waals surface area contributed by atoms with E-state index in [4.69, 9.17) is 0 Å². The molecule has 0 bridgehead atoms. The lowest BCUT2D eigenvalue weighted by Gasteiger charge is -2.47. The highest BCUT2D eigenvalue weighted by Crippen LogP contribution is 2.39. The summed E-state index contributed by atoms with van der Waals surface area (Å²) in [7, 11) is 0. The summed E-state index contributed by atoms with van der Waals surface area (Å²) < 4.78 is 0. The molecule has 2 atom stereocenters. The van der Waals surface area contributed by atoms with Crippen molar-refractivity contribution in [1.82, 2.24) is 15.2 Å². The third-order valence-electron chi connectivity index (χ3n) is 6.28. The van der Waals surface area contributed by atoms with Gasteiger partial charge in [0.2, 0.25) is 5.91 Å². The fraction of sp³-hybridized carbons (Fsp3) is 0.650. The number of likely N-dealkylation sites (tertiary alicyclic amines) is 1. The molecule has 2 N–H and O–H groups in total. The maximum atomic E-state index is 13.1. The standard InChI is InChI=1S/C20H28N4O3/c25-16-7-13-24(14-20(16)8-5-10-22-19(20)27)17-15(6-4-9-21-17)18(26)23-11-2-1-3-12-23/h4,6,9,16,25H,1-3,5,7-8,10-14H2,(H,22,27)/t16-,20+/m0/s1. The first-order valence-electron chi connectivity index (χ1n) is 10.1. The molecule has 3 saturated heterocycles. The van der Waals surface area contributed by atoms with Gasteiger partial charge in [0, 0.05) is 38.9 Å². The molecule has 146 valence electrons. The number of aromatic nitrogens is 1. The third-order valence-corrected chi connectivity index (χ3v) is 6.28. The maximum absolute atomic E-state index is 13.1. The van der Waals surface area contributed by atoms with Crippen LogP contribution in [0.5, 0.6) is 0 Å². The summed E-state index contributed by atoms with van der Waals surface area (Å²) in [6.07, 6.45) is 6.32. The molecule has 0 radical (unpaired) electrons. The van der Waals surface area contributed by atoms with E-state index >= 15 is 0 Å². The number of aliphatic hydroxyl groups is 1. The van der Waals surface area contributed by atoms with Crippen LogP contribution in [0.2, 0.25) is 0 Å². The highest BCUT2D eigenvalue weighted by atomic mass is 16.3. The van der Waals surface area contributed by atoms with Crippen molar-refractivity contribution < 1.29 is 14.7 Å². The van der Waals surface area contributed by atoms with Gasteiger partial charge in [0.05, 0.1) is 17.1 Å². The molecule has 1 aromatic heterocycles. The predicted octanol–water partition coefficient (Wildman–Crippen LogP) is 1.18. The second-order valence-electron chi connectivity index (χ2n) is 7.97. The van der Waals surface area contributed by atoms with Gasteiger partial charge in [0.1, 0.15) is 5.82 Å². The number of hydrogen-bond donors (Lipinski definition) is 2. The second-order valence-corrected chi connectivity index (χ2v) is 7.97. The van der Waals surface area contributed by atoms with Crippen molar-refractivity contribution in [1.29, 1.82) is 0 Å². The SMILES string of the molecule is O=C(c1cccnc1N1CC[C@H](O)[C@@]2(CCCNC2=O)C1)N1CCCCC1. The van der Waals surface area contributed by atoms with Gasteiger partial charge in [-0.05, 0) is 50.7 Å². The van der Waals surface area contributed by atoms with Gasteiger partial charge < -0.3 is 20.2 Å². The average molecular weight is 372 g/mol. The number of hydrogen-bond acceptors (Lipinski definition) is 5. The molecule has 4 rings (SSSR count). The van der Waals surface area contributed by atoms with Crippen LogP contribution in [-0.4, -0.2) is 65.6 Å². The van der Waals surface area contributed by atoms with Crippen LogP contribution in [-0.2, 0) is 4.79 Å². The Hall–Kier alpha value is -2.15. The number of carbonyl (C=O) groups excluding carboxylic acids is 2. The van der Waals surface area contributed by atoms with Crippen molar-refractivity contribution in [2.75, 3.05) is 37.6 Å². The molecule has 27 heavy (non-hydrogen) atoms. The molecule has 3 aliphatic rings. The third kappa shape index (κ3) is 3.29. The zero-order valence-electron chi connectivity index (χ0n) is 15.7. The fourth-order valence-electron chi connectivity index (χ4n) is 4.71. The van der Waals surface area contributed by atoms with Crippen molar-refractivity contribution >= 4 is 17.6 Å². The molecule has 0 unspecified atom stereocenters. The van der Waals surface area contributed by atoms with Crippen LogP contribution in [0.1, 0.15) is 48.9 Å². The molecule has 0 aromatic carbocycles. The Labute approximate surface area is 159 Å². The molecule has 3 fully saturated rings. The first-order chi connectivity index (χ1) is 13.1. The number of piperidine rings is 3. The van der Waals surface area contributed by atoms with Crippen LogP contribution < -0.4 is 10.2 Å².